The molecule has 0 radical (unpaired) electrons. The summed E-state index contributed by atoms with van der Waals surface area (Å²) in [4.78, 5) is 7.36. The summed E-state index contributed by atoms with van der Waals surface area (Å²) in [6, 6.07) is 0.471. The van der Waals surface area contributed by atoms with Crippen molar-refractivity contribution < 1.29 is 0 Å². The van der Waals surface area contributed by atoms with E-state index in [-0.39, 0.29) is 0 Å². The number of aromatic nitrogens is 2. The van der Waals surface area contributed by atoms with Gasteiger partial charge in [0.05, 0.1) is 6.04 Å². The van der Waals surface area contributed by atoms with Crippen LogP contribution in [0.3, 0.4) is 0 Å². The number of imidazole rings is 1. The predicted octanol–water partition coefficient (Wildman–Crippen LogP) is 1.22. The van der Waals surface area contributed by atoms with Crippen molar-refractivity contribution in [2.75, 3.05) is 6.54 Å². The Morgan fingerprint density at radius 3 is 3.09 bits per heavy atom. The van der Waals surface area contributed by atoms with E-state index in [4.69, 9.17) is 0 Å². The van der Waals surface area contributed by atoms with Crippen LogP contribution in [-0.4, -0.2) is 16.5 Å². The first kappa shape index (κ1) is 6.85. The molecule has 2 rings (SSSR count). The van der Waals surface area contributed by atoms with Gasteiger partial charge in [0, 0.05) is 12.4 Å². The maximum Gasteiger partial charge on any atom is 0.123 e. The number of aromatic amines is 1. The van der Waals surface area contributed by atoms with E-state index in [1.54, 1.807) is 0 Å². The minimum absolute atomic E-state index is 0.471. The highest BCUT2D eigenvalue weighted by atomic mass is 15.0. The molecule has 0 unspecified atom stereocenters. The van der Waals surface area contributed by atoms with Crippen molar-refractivity contribution in [3.63, 3.8) is 0 Å². The molecule has 0 spiro atoms. The third-order valence-electron chi connectivity index (χ3n) is 2.16. The number of rotatable bonds is 1. The Morgan fingerprint density at radius 2 is 2.45 bits per heavy atom. The highest BCUT2D eigenvalue weighted by Crippen LogP contribution is 2.18. The summed E-state index contributed by atoms with van der Waals surface area (Å²) >= 11 is 0. The first-order chi connectivity index (χ1) is 5.47. The summed E-state index contributed by atoms with van der Waals surface area (Å²) in [5.74, 6) is 1.09. The highest BCUT2D eigenvalue weighted by molar-refractivity contribution is 4.96. The summed E-state index contributed by atoms with van der Waals surface area (Å²) in [7, 11) is 0. The average Bonchev–Trinajstić information content (AvgIpc) is 2.58. The summed E-state index contributed by atoms with van der Waals surface area (Å²) in [5.41, 5.74) is 0. The van der Waals surface area contributed by atoms with Gasteiger partial charge in [0.1, 0.15) is 5.82 Å². The Labute approximate surface area is 66.2 Å². The van der Waals surface area contributed by atoms with Crippen LogP contribution in [0.5, 0.6) is 0 Å². The Morgan fingerprint density at radius 1 is 1.45 bits per heavy atom. The summed E-state index contributed by atoms with van der Waals surface area (Å²) in [6.45, 7) is 1.13. The molecule has 1 fully saturated rings. The molecule has 2 N–H and O–H groups in total. The lowest BCUT2D eigenvalue weighted by Gasteiger charge is -2.21. The fraction of sp³-hybridized carbons (Fsp3) is 0.625. The molecule has 3 heteroatoms. The third kappa shape index (κ3) is 1.43. The molecule has 0 aliphatic carbocycles. The van der Waals surface area contributed by atoms with Gasteiger partial charge in [0.2, 0.25) is 0 Å². The van der Waals surface area contributed by atoms with Crippen LogP contribution in [0.2, 0.25) is 0 Å². The van der Waals surface area contributed by atoms with E-state index in [1.807, 2.05) is 12.4 Å². The molecule has 1 atom stereocenters. The van der Waals surface area contributed by atoms with Crippen LogP contribution < -0.4 is 5.32 Å². The van der Waals surface area contributed by atoms with Crippen molar-refractivity contribution in [2.45, 2.75) is 25.3 Å². The SMILES string of the molecule is c1c[nH]c([C@H]2CCCCN2)n1. The summed E-state index contributed by atoms with van der Waals surface area (Å²) in [6.07, 6.45) is 7.53. The van der Waals surface area contributed by atoms with Gasteiger partial charge in [-0.2, -0.15) is 0 Å². The fourth-order valence-corrected chi connectivity index (χ4v) is 1.55. The average molecular weight is 151 g/mol. The normalized spacial score (nSPS) is 25.3. The van der Waals surface area contributed by atoms with Crippen LogP contribution in [0.4, 0.5) is 0 Å². The van der Waals surface area contributed by atoms with E-state index in [0.29, 0.717) is 6.04 Å². The van der Waals surface area contributed by atoms with Gasteiger partial charge >= 0.3 is 0 Å². The van der Waals surface area contributed by atoms with Gasteiger partial charge in [-0.3, -0.25) is 0 Å². The Balaban J connectivity index is 2.04. The van der Waals surface area contributed by atoms with Gasteiger partial charge < -0.3 is 10.3 Å². The number of nitrogens with one attached hydrogen (secondary N) is 2. The molecule has 0 amide bonds. The minimum Gasteiger partial charge on any atom is -0.347 e. The fourth-order valence-electron chi connectivity index (χ4n) is 1.55. The van der Waals surface area contributed by atoms with E-state index in [2.05, 4.69) is 15.3 Å². The van der Waals surface area contributed by atoms with Crippen LogP contribution in [0, 0.1) is 0 Å². The minimum atomic E-state index is 0.471. The van der Waals surface area contributed by atoms with Gasteiger partial charge in [-0.1, -0.05) is 6.42 Å². The quantitative estimate of drug-likeness (QED) is 0.633. The second-order valence-electron chi connectivity index (χ2n) is 2.98. The summed E-state index contributed by atoms with van der Waals surface area (Å²) in [5, 5.41) is 3.43. The third-order valence-corrected chi connectivity index (χ3v) is 2.16. The van der Waals surface area contributed by atoms with Gasteiger partial charge in [0.15, 0.2) is 0 Å². The lowest BCUT2D eigenvalue weighted by Crippen LogP contribution is -2.27. The van der Waals surface area contributed by atoms with Crippen molar-refractivity contribution in [3.05, 3.63) is 18.2 Å². The van der Waals surface area contributed by atoms with Gasteiger partial charge in [-0.25, -0.2) is 4.98 Å². The zero-order chi connectivity index (χ0) is 7.52. The second kappa shape index (κ2) is 3.05. The van der Waals surface area contributed by atoms with Gasteiger partial charge in [-0.15, -0.1) is 0 Å². The molecule has 1 aromatic heterocycles. The Hall–Kier alpha value is -0.830. The topological polar surface area (TPSA) is 40.7 Å². The van der Waals surface area contributed by atoms with Gasteiger partial charge in [-0.05, 0) is 19.4 Å². The lowest BCUT2D eigenvalue weighted by atomic mass is 10.0. The maximum atomic E-state index is 4.22. The van der Waals surface area contributed by atoms with Crippen molar-refractivity contribution in [1.82, 2.24) is 15.3 Å². The van der Waals surface area contributed by atoms with E-state index >= 15 is 0 Å². The molecule has 1 aromatic rings. The summed E-state index contributed by atoms with van der Waals surface area (Å²) < 4.78 is 0. The maximum absolute atomic E-state index is 4.22. The molecule has 1 saturated heterocycles. The number of piperidine rings is 1. The molecule has 0 saturated carbocycles. The Kier molecular flexibility index (Phi) is 1.90. The largest absolute Gasteiger partial charge is 0.347 e. The highest BCUT2D eigenvalue weighted by Gasteiger charge is 2.15. The number of H-pyrrole nitrogens is 1. The number of hydrogen-bond acceptors (Lipinski definition) is 2. The van der Waals surface area contributed by atoms with Crippen LogP contribution in [0.1, 0.15) is 31.1 Å². The smallest absolute Gasteiger partial charge is 0.123 e. The van der Waals surface area contributed by atoms with Crippen LogP contribution in [0.25, 0.3) is 0 Å². The van der Waals surface area contributed by atoms with Gasteiger partial charge in [0.25, 0.3) is 0 Å². The standard InChI is InChI=1S/C8H13N3/c1-2-4-9-7(3-1)8-10-5-6-11-8/h5-7,9H,1-4H2,(H,10,11)/t7-/m1/s1. The lowest BCUT2D eigenvalue weighted by molar-refractivity contribution is 0.399. The van der Waals surface area contributed by atoms with Crippen molar-refractivity contribution in [3.8, 4) is 0 Å². The first-order valence-electron chi connectivity index (χ1n) is 4.19. The van der Waals surface area contributed by atoms with E-state index in [1.165, 1.54) is 19.3 Å². The van der Waals surface area contributed by atoms with Crippen LogP contribution in [0.15, 0.2) is 12.4 Å². The second-order valence-corrected chi connectivity index (χ2v) is 2.98. The molecule has 3 nitrogen and oxygen atoms in total. The molecule has 2 heterocycles. The zero-order valence-corrected chi connectivity index (χ0v) is 6.51. The van der Waals surface area contributed by atoms with Crippen molar-refractivity contribution in [2.24, 2.45) is 0 Å². The van der Waals surface area contributed by atoms with Crippen molar-refractivity contribution >= 4 is 0 Å². The molecular weight excluding hydrogens is 138 g/mol. The number of hydrogen-bond donors (Lipinski definition) is 2. The number of nitrogens with zero attached hydrogens (tertiary/aromatic N) is 1. The van der Waals surface area contributed by atoms with E-state index in [0.717, 1.165) is 12.4 Å². The van der Waals surface area contributed by atoms with Crippen LogP contribution >= 0.6 is 0 Å². The predicted molar refractivity (Wildman–Crippen MR) is 43.2 cm³/mol. The molecule has 1 aliphatic rings. The van der Waals surface area contributed by atoms with Crippen molar-refractivity contribution in [1.29, 1.82) is 0 Å². The monoisotopic (exact) mass is 151 g/mol. The zero-order valence-electron chi connectivity index (χ0n) is 6.51. The molecule has 11 heavy (non-hydrogen) atoms. The molecule has 0 aromatic carbocycles. The van der Waals surface area contributed by atoms with E-state index in [9.17, 15) is 0 Å². The van der Waals surface area contributed by atoms with Crippen LogP contribution in [-0.2, 0) is 0 Å². The molecule has 60 valence electrons. The molecular formula is C8H13N3. The Bertz CT molecular complexity index is 199. The molecule has 1 aliphatic heterocycles. The van der Waals surface area contributed by atoms with E-state index < -0.39 is 0 Å². The molecule has 0 bridgehead atoms. The first-order valence-corrected chi connectivity index (χ1v) is 4.19.